The molecule has 1 aliphatic rings. The number of rotatable bonds is 3. The lowest BCUT2D eigenvalue weighted by Crippen LogP contribution is -2.43. The van der Waals surface area contributed by atoms with Gasteiger partial charge in [-0.05, 0) is 36.0 Å². The number of hydrogen-bond donors (Lipinski definition) is 1. The minimum Gasteiger partial charge on any atom is -0.309 e. The molecule has 1 aromatic rings. The number of halogens is 2. The molecule has 3 heteroatoms. The van der Waals surface area contributed by atoms with Crippen LogP contribution in [-0.2, 0) is 6.54 Å². The van der Waals surface area contributed by atoms with Gasteiger partial charge in [0.2, 0.25) is 0 Å². The summed E-state index contributed by atoms with van der Waals surface area (Å²) in [5.41, 5.74) is 1.31. The minimum absolute atomic E-state index is 0.276. The molecule has 0 heterocycles. The molecular weight excluding hydrogens is 249 g/mol. The average Bonchev–Trinajstić information content (AvgIpc) is 2.29. The van der Waals surface area contributed by atoms with Crippen LogP contribution in [0.25, 0.3) is 0 Å². The molecule has 0 bridgehead atoms. The van der Waals surface area contributed by atoms with Gasteiger partial charge in [0.15, 0.2) is 0 Å². The standard InChI is InChI=1S/C15H21ClFN/c1-15(2)8-4-3-5-14(15)18-10-11-6-7-12(17)9-13(11)16/h6-7,9,14,18H,3-5,8,10H2,1-2H3. The van der Waals surface area contributed by atoms with Crippen molar-refractivity contribution in [2.24, 2.45) is 5.41 Å². The largest absolute Gasteiger partial charge is 0.309 e. The van der Waals surface area contributed by atoms with E-state index in [0.29, 0.717) is 23.0 Å². The highest BCUT2D eigenvalue weighted by Crippen LogP contribution is 2.35. The second-order valence-electron chi connectivity index (χ2n) is 5.90. The fourth-order valence-electron chi connectivity index (χ4n) is 2.77. The molecule has 18 heavy (non-hydrogen) atoms. The van der Waals surface area contributed by atoms with E-state index in [1.165, 1.54) is 37.8 Å². The summed E-state index contributed by atoms with van der Waals surface area (Å²) in [5, 5.41) is 4.09. The number of hydrogen-bond acceptors (Lipinski definition) is 1. The van der Waals surface area contributed by atoms with E-state index in [0.717, 1.165) is 5.56 Å². The van der Waals surface area contributed by atoms with Gasteiger partial charge in [0.05, 0.1) is 0 Å². The average molecular weight is 270 g/mol. The molecule has 1 fully saturated rings. The van der Waals surface area contributed by atoms with E-state index in [2.05, 4.69) is 19.2 Å². The van der Waals surface area contributed by atoms with Crippen molar-refractivity contribution in [1.82, 2.24) is 5.32 Å². The van der Waals surface area contributed by atoms with Gasteiger partial charge in [0, 0.05) is 17.6 Å². The fraction of sp³-hybridized carbons (Fsp3) is 0.600. The van der Waals surface area contributed by atoms with Crippen molar-refractivity contribution in [2.75, 3.05) is 0 Å². The topological polar surface area (TPSA) is 12.0 Å². The Morgan fingerprint density at radius 3 is 2.83 bits per heavy atom. The molecule has 0 aliphatic heterocycles. The zero-order valence-electron chi connectivity index (χ0n) is 11.1. The first-order chi connectivity index (χ1) is 8.49. The van der Waals surface area contributed by atoms with Crippen LogP contribution < -0.4 is 5.32 Å². The maximum atomic E-state index is 13.0. The Bertz CT molecular complexity index is 417. The van der Waals surface area contributed by atoms with Crippen molar-refractivity contribution in [3.05, 3.63) is 34.6 Å². The summed E-state index contributed by atoms with van der Waals surface area (Å²) in [6.07, 6.45) is 5.09. The highest BCUT2D eigenvalue weighted by molar-refractivity contribution is 6.31. The van der Waals surface area contributed by atoms with Crippen LogP contribution >= 0.6 is 11.6 Å². The van der Waals surface area contributed by atoms with Gasteiger partial charge in [-0.15, -0.1) is 0 Å². The first-order valence-corrected chi connectivity index (χ1v) is 7.04. The zero-order valence-corrected chi connectivity index (χ0v) is 11.9. The van der Waals surface area contributed by atoms with Crippen LogP contribution in [0.5, 0.6) is 0 Å². The Morgan fingerprint density at radius 1 is 1.39 bits per heavy atom. The van der Waals surface area contributed by atoms with Crippen LogP contribution in [0.15, 0.2) is 18.2 Å². The third kappa shape index (κ3) is 3.24. The zero-order chi connectivity index (χ0) is 13.2. The molecule has 0 aromatic heterocycles. The summed E-state index contributed by atoms with van der Waals surface area (Å²) >= 11 is 6.04. The van der Waals surface area contributed by atoms with Crippen LogP contribution in [0.1, 0.15) is 45.1 Å². The highest BCUT2D eigenvalue weighted by Gasteiger charge is 2.31. The molecule has 0 amide bonds. The number of benzene rings is 1. The summed E-state index contributed by atoms with van der Waals surface area (Å²) in [6.45, 7) is 5.35. The van der Waals surface area contributed by atoms with Crippen LogP contribution in [0.2, 0.25) is 5.02 Å². The second kappa shape index (κ2) is 5.58. The third-order valence-corrected chi connectivity index (χ3v) is 4.41. The normalized spacial score (nSPS) is 23.0. The summed E-state index contributed by atoms with van der Waals surface area (Å²) in [4.78, 5) is 0. The van der Waals surface area contributed by atoms with E-state index in [-0.39, 0.29) is 5.82 Å². The Balaban J connectivity index is 1.98. The van der Waals surface area contributed by atoms with Gasteiger partial charge >= 0.3 is 0 Å². The smallest absolute Gasteiger partial charge is 0.124 e. The molecule has 0 radical (unpaired) electrons. The molecule has 100 valence electrons. The van der Waals surface area contributed by atoms with Crippen molar-refractivity contribution in [3.8, 4) is 0 Å². The molecule has 0 saturated heterocycles. The van der Waals surface area contributed by atoms with E-state index in [4.69, 9.17) is 11.6 Å². The van der Waals surface area contributed by atoms with Gasteiger partial charge in [-0.25, -0.2) is 4.39 Å². The first kappa shape index (κ1) is 13.8. The maximum Gasteiger partial charge on any atom is 0.124 e. The molecule has 1 unspecified atom stereocenters. The Kier molecular flexibility index (Phi) is 4.29. The van der Waals surface area contributed by atoms with E-state index in [1.807, 2.05) is 0 Å². The third-order valence-electron chi connectivity index (χ3n) is 4.06. The van der Waals surface area contributed by atoms with Gasteiger partial charge in [-0.1, -0.05) is 44.4 Å². The number of nitrogens with one attached hydrogen (secondary N) is 1. The lowest BCUT2D eigenvalue weighted by Gasteiger charge is -2.39. The quantitative estimate of drug-likeness (QED) is 0.850. The van der Waals surface area contributed by atoms with Crippen LogP contribution in [0.4, 0.5) is 4.39 Å². The molecule has 1 saturated carbocycles. The predicted octanol–water partition coefficient (Wildman–Crippen LogP) is 4.54. The van der Waals surface area contributed by atoms with Gasteiger partial charge in [0.25, 0.3) is 0 Å². The Morgan fingerprint density at radius 2 is 2.17 bits per heavy atom. The van der Waals surface area contributed by atoms with Gasteiger partial charge in [-0.3, -0.25) is 0 Å². The van der Waals surface area contributed by atoms with E-state index in [1.54, 1.807) is 6.07 Å². The van der Waals surface area contributed by atoms with E-state index < -0.39 is 0 Å². The minimum atomic E-state index is -0.276. The van der Waals surface area contributed by atoms with Crippen molar-refractivity contribution >= 4 is 11.6 Å². The molecule has 1 atom stereocenters. The second-order valence-corrected chi connectivity index (χ2v) is 6.31. The lowest BCUT2D eigenvalue weighted by atomic mass is 9.73. The fourth-order valence-corrected chi connectivity index (χ4v) is 3.00. The Labute approximate surface area is 114 Å². The highest BCUT2D eigenvalue weighted by atomic mass is 35.5. The van der Waals surface area contributed by atoms with Gasteiger partial charge in [0.1, 0.15) is 5.82 Å². The van der Waals surface area contributed by atoms with Gasteiger partial charge < -0.3 is 5.32 Å². The van der Waals surface area contributed by atoms with E-state index in [9.17, 15) is 4.39 Å². The van der Waals surface area contributed by atoms with Crippen LogP contribution in [0, 0.1) is 11.2 Å². The predicted molar refractivity (Wildman–Crippen MR) is 74.3 cm³/mol. The molecule has 1 aliphatic carbocycles. The van der Waals surface area contributed by atoms with Gasteiger partial charge in [-0.2, -0.15) is 0 Å². The van der Waals surface area contributed by atoms with Crippen molar-refractivity contribution in [2.45, 2.75) is 52.1 Å². The monoisotopic (exact) mass is 269 g/mol. The van der Waals surface area contributed by atoms with E-state index >= 15 is 0 Å². The molecular formula is C15H21ClFN. The molecule has 0 spiro atoms. The summed E-state index contributed by atoms with van der Waals surface area (Å²) < 4.78 is 13.0. The molecule has 1 nitrogen and oxygen atoms in total. The summed E-state index contributed by atoms with van der Waals surface area (Å²) in [6, 6.07) is 5.13. The maximum absolute atomic E-state index is 13.0. The Hall–Kier alpha value is -0.600. The van der Waals surface area contributed by atoms with Crippen LogP contribution in [0.3, 0.4) is 0 Å². The molecule has 1 aromatic carbocycles. The van der Waals surface area contributed by atoms with Crippen molar-refractivity contribution < 1.29 is 4.39 Å². The summed E-state index contributed by atoms with van der Waals surface area (Å²) in [5.74, 6) is -0.276. The van der Waals surface area contributed by atoms with Crippen LogP contribution in [-0.4, -0.2) is 6.04 Å². The first-order valence-electron chi connectivity index (χ1n) is 6.66. The SMILES string of the molecule is CC1(C)CCCCC1NCc1ccc(F)cc1Cl. The summed E-state index contributed by atoms with van der Waals surface area (Å²) in [7, 11) is 0. The molecule has 1 N–H and O–H groups in total. The van der Waals surface area contributed by atoms with Crippen molar-refractivity contribution in [1.29, 1.82) is 0 Å². The molecule has 2 rings (SSSR count). The lowest BCUT2D eigenvalue weighted by molar-refractivity contribution is 0.167. The van der Waals surface area contributed by atoms with Crippen molar-refractivity contribution in [3.63, 3.8) is 0 Å².